The summed E-state index contributed by atoms with van der Waals surface area (Å²) >= 11 is 0. The normalized spacial score (nSPS) is 10.1. The molecule has 2 rings (SSSR count). The molecule has 0 saturated heterocycles. The number of nitrogens with one attached hydrogen (secondary N) is 2. The van der Waals surface area contributed by atoms with Crippen LogP contribution in [0, 0.1) is 6.92 Å². The van der Waals surface area contributed by atoms with Crippen LogP contribution in [-0.4, -0.2) is 17.6 Å². The Balaban J connectivity index is 2.15. The van der Waals surface area contributed by atoms with Crippen molar-refractivity contribution in [2.24, 2.45) is 0 Å². The highest BCUT2D eigenvalue weighted by Crippen LogP contribution is 2.16. The number of carbonyl (C=O) groups excluding carboxylic acids is 1. The number of carbonyl (C=O) groups is 1. The summed E-state index contributed by atoms with van der Waals surface area (Å²) in [6, 6.07) is 7.22. The van der Waals surface area contributed by atoms with E-state index < -0.39 is 0 Å². The van der Waals surface area contributed by atoms with Crippen molar-refractivity contribution in [3.05, 3.63) is 41.7 Å². The maximum absolute atomic E-state index is 12.0. The average Bonchev–Trinajstić information content (AvgIpc) is 2.82. The third-order valence-electron chi connectivity index (χ3n) is 2.53. The van der Waals surface area contributed by atoms with Gasteiger partial charge in [-0.1, -0.05) is 5.16 Å². The van der Waals surface area contributed by atoms with Crippen LogP contribution in [0.3, 0.4) is 0 Å². The zero-order chi connectivity index (χ0) is 13.0. The highest BCUT2D eigenvalue weighted by molar-refractivity contribution is 6.04. The maximum Gasteiger partial charge on any atom is 0.257 e. The fraction of sp³-hybridized carbons (Fsp3) is 0.231. The van der Waals surface area contributed by atoms with Crippen molar-refractivity contribution >= 4 is 17.4 Å². The van der Waals surface area contributed by atoms with E-state index in [1.807, 2.05) is 26.0 Å². The zero-order valence-electron chi connectivity index (χ0n) is 10.4. The fourth-order valence-electron chi connectivity index (χ4n) is 1.69. The summed E-state index contributed by atoms with van der Waals surface area (Å²) < 4.78 is 4.66. The second-order valence-corrected chi connectivity index (χ2v) is 3.90. The molecular formula is C13H15N3O2. The van der Waals surface area contributed by atoms with Crippen LogP contribution >= 0.6 is 0 Å². The van der Waals surface area contributed by atoms with Crippen LogP contribution in [0.2, 0.25) is 0 Å². The fourth-order valence-corrected chi connectivity index (χ4v) is 1.69. The van der Waals surface area contributed by atoms with Gasteiger partial charge in [-0.3, -0.25) is 4.79 Å². The summed E-state index contributed by atoms with van der Waals surface area (Å²) in [6.45, 7) is 4.78. The number of anilines is 2. The summed E-state index contributed by atoms with van der Waals surface area (Å²) in [4.78, 5) is 12.0. The summed E-state index contributed by atoms with van der Waals surface area (Å²) in [7, 11) is 0. The van der Waals surface area contributed by atoms with Crippen molar-refractivity contribution in [3.8, 4) is 0 Å². The maximum atomic E-state index is 12.0. The minimum absolute atomic E-state index is 0.190. The number of hydrogen-bond acceptors (Lipinski definition) is 4. The second-order valence-electron chi connectivity index (χ2n) is 3.90. The monoisotopic (exact) mass is 245 g/mol. The van der Waals surface area contributed by atoms with Crippen LogP contribution in [0.1, 0.15) is 22.8 Å². The molecule has 5 nitrogen and oxygen atoms in total. The molecule has 0 atom stereocenters. The molecule has 18 heavy (non-hydrogen) atoms. The molecular weight excluding hydrogens is 230 g/mol. The van der Waals surface area contributed by atoms with E-state index in [1.54, 1.807) is 12.1 Å². The highest BCUT2D eigenvalue weighted by Gasteiger charge is 2.10. The molecule has 2 aromatic rings. The van der Waals surface area contributed by atoms with Crippen LogP contribution in [0.25, 0.3) is 0 Å². The largest absolute Gasteiger partial charge is 0.385 e. The lowest BCUT2D eigenvalue weighted by atomic mass is 10.1. The van der Waals surface area contributed by atoms with Gasteiger partial charge in [-0.15, -0.1) is 0 Å². The van der Waals surface area contributed by atoms with E-state index in [0.717, 1.165) is 17.8 Å². The number of hydrogen-bond donors (Lipinski definition) is 2. The molecule has 0 aliphatic heterocycles. The molecule has 1 aromatic heterocycles. The van der Waals surface area contributed by atoms with Gasteiger partial charge in [0.15, 0.2) is 5.82 Å². The number of aromatic nitrogens is 1. The average molecular weight is 245 g/mol. The number of aryl methyl sites for hydroxylation is 1. The molecule has 1 aromatic carbocycles. The van der Waals surface area contributed by atoms with Gasteiger partial charge in [0, 0.05) is 23.9 Å². The molecule has 0 bridgehead atoms. The van der Waals surface area contributed by atoms with Gasteiger partial charge in [-0.05, 0) is 37.6 Å². The van der Waals surface area contributed by atoms with Crippen molar-refractivity contribution in [2.45, 2.75) is 13.8 Å². The summed E-state index contributed by atoms with van der Waals surface area (Å²) in [6.07, 6.45) is 1.41. The first kappa shape index (κ1) is 12.2. The van der Waals surface area contributed by atoms with Crippen LogP contribution in [-0.2, 0) is 0 Å². The van der Waals surface area contributed by atoms with Gasteiger partial charge >= 0.3 is 0 Å². The number of rotatable bonds is 4. The quantitative estimate of drug-likeness (QED) is 0.869. The predicted molar refractivity (Wildman–Crippen MR) is 69.8 cm³/mol. The third kappa shape index (κ3) is 2.68. The van der Waals surface area contributed by atoms with Crippen molar-refractivity contribution in [3.63, 3.8) is 0 Å². The molecule has 0 fully saturated rings. The lowest BCUT2D eigenvalue weighted by Gasteiger charge is -2.08. The van der Waals surface area contributed by atoms with Gasteiger partial charge in [-0.25, -0.2) is 0 Å². The van der Waals surface area contributed by atoms with Crippen molar-refractivity contribution in [1.29, 1.82) is 0 Å². The summed E-state index contributed by atoms with van der Waals surface area (Å²) in [5.41, 5.74) is 2.54. The number of benzene rings is 1. The molecule has 0 aliphatic carbocycles. The van der Waals surface area contributed by atoms with Gasteiger partial charge in [0.25, 0.3) is 5.91 Å². The Bertz CT molecular complexity index is 535. The molecule has 0 radical (unpaired) electrons. The van der Waals surface area contributed by atoms with Gasteiger partial charge in [-0.2, -0.15) is 0 Å². The number of amides is 1. The lowest BCUT2D eigenvalue weighted by Crippen LogP contribution is -2.13. The smallest absolute Gasteiger partial charge is 0.257 e. The van der Waals surface area contributed by atoms with Crippen LogP contribution in [0.15, 0.2) is 35.1 Å². The molecule has 2 N–H and O–H groups in total. The van der Waals surface area contributed by atoms with Crippen LogP contribution in [0.5, 0.6) is 0 Å². The van der Waals surface area contributed by atoms with Gasteiger partial charge < -0.3 is 15.2 Å². The van der Waals surface area contributed by atoms with Crippen molar-refractivity contribution in [2.75, 3.05) is 17.2 Å². The minimum atomic E-state index is -0.190. The first-order valence-corrected chi connectivity index (χ1v) is 5.77. The standard InChI is InChI=1S/C13H15N3O2/c1-3-14-10-4-5-11(9(2)8-10)13(17)15-12-6-7-18-16-12/h4-8,14H,3H2,1-2H3,(H,15,16,17). The Morgan fingerprint density at radius 2 is 2.22 bits per heavy atom. The Morgan fingerprint density at radius 3 is 2.83 bits per heavy atom. The second kappa shape index (κ2) is 5.35. The van der Waals surface area contributed by atoms with Crippen molar-refractivity contribution < 1.29 is 9.32 Å². The molecule has 1 amide bonds. The Hall–Kier alpha value is -2.30. The van der Waals surface area contributed by atoms with E-state index in [9.17, 15) is 4.79 Å². The summed E-state index contributed by atoms with van der Waals surface area (Å²) in [5, 5.41) is 9.51. The highest BCUT2D eigenvalue weighted by atomic mass is 16.5. The first-order valence-electron chi connectivity index (χ1n) is 5.77. The molecule has 0 aliphatic rings. The Kier molecular flexibility index (Phi) is 3.62. The van der Waals surface area contributed by atoms with Crippen LogP contribution < -0.4 is 10.6 Å². The van der Waals surface area contributed by atoms with E-state index in [4.69, 9.17) is 0 Å². The number of nitrogens with zero attached hydrogens (tertiary/aromatic N) is 1. The molecule has 0 spiro atoms. The van der Waals surface area contributed by atoms with Crippen molar-refractivity contribution in [1.82, 2.24) is 5.16 Å². The van der Waals surface area contributed by atoms with Gasteiger partial charge in [0.2, 0.25) is 0 Å². The minimum Gasteiger partial charge on any atom is -0.385 e. The van der Waals surface area contributed by atoms with E-state index in [-0.39, 0.29) is 5.91 Å². The predicted octanol–water partition coefficient (Wildman–Crippen LogP) is 2.67. The first-order chi connectivity index (χ1) is 8.70. The molecule has 0 saturated carbocycles. The van der Waals surface area contributed by atoms with Crippen LogP contribution in [0.4, 0.5) is 11.5 Å². The lowest BCUT2D eigenvalue weighted by molar-refractivity contribution is 0.102. The zero-order valence-corrected chi connectivity index (χ0v) is 10.4. The molecule has 1 heterocycles. The Labute approximate surface area is 105 Å². The topological polar surface area (TPSA) is 67.2 Å². The van der Waals surface area contributed by atoms with Gasteiger partial charge in [0.1, 0.15) is 6.26 Å². The SMILES string of the molecule is CCNc1ccc(C(=O)Nc2ccon2)c(C)c1. The molecule has 5 heteroatoms. The van der Waals surface area contributed by atoms with Gasteiger partial charge in [0.05, 0.1) is 0 Å². The molecule has 94 valence electrons. The molecule has 0 unspecified atom stereocenters. The van der Waals surface area contributed by atoms with E-state index in [1.165, 1.54) is 6.26 Å². The van der Waals surface area contributed by atoms with E-state index in [0.29, 0.717) is 11.4 Å². The Morgan fingerprint density at radius 1 is 1.39 bits per heavy atom. The van der Waals surface area contributed by atoms with E-state index >= 15 is 0 Å². The third-order valence-corrected chi connectivity index (χ3v) is 2.53. The summed E-state index contributed by atoms with van der Waals surface area (Å²) in [5.74, 6) is 0.222. The van der Waals surface area contributed by atoms with E-state index in [2.05, 4.69) is 20.3 Å².